The zero-order valence-electron chi connectivity index (χ0n) is 9.15. The Morgan fingerprint density at radius 1 is 1.17 bits per heavy atom. The van der Waals surface area contributed by atoms with Gasteiger partial charge < -0.3 is 0 Å². The molecule has 0 rings (SSSR count). The van der Waals surface area contributed by atoms with Crippen molar-refractivity contribution in [3.63, 3.8) is 0 Å². The van der Waals surface area contributed by atoms with Crippen molar-refractivity contribution in [2.75, 3.05) is 0 Å². The normalized spacial score (nSPS) is 15.2. The number of rotatable bonds is 4. The van der Waals surface area contributed by atoms with Crippen molar-refractivity contribution in [2.45, 2.75) is 53.5 Å². The molecular weight excluding hydrogens is 148 g/mol. The van der Waals surface area contributed by atoms with E-state index in [-0.39, 0.29) is 5.41 Å². The Kier molecular flexibility index (Phi) is 4.80. The highest BCUT2D eigenvalue weighted by atomic mass is 15.2. The Bertz CT molecular complexity index is 111. The van der Waals surface area contributed by atoms with Crippen LogP contribution in [0.1, 0.15) is 47.5 Å². The summed E-state index contributed by atoms with van der Waals surface area (Å²) in [5.41, 5.74) is 3.20. The number of hydrogen-bond donors (Lipinski definition) is 2. The summed E-state index contributed by atoms with van der Waals surface area (Å²) in [5.74, 6) is 6.25. The number of hydrazine groups is 1. The van der Waals surface area contributed by atoms with Crippen molar-refractivity contribution in [3.05, 3.63) is 0 Å². The molecule has 1 unspecified atom stereocenters. The summed E-state index contributed by atoms with van der Waals surface area (Å²) in [6.45, 7) is 11.1. The van der Waals surface area contributed by atoms with Crippen molar-refractivity contribution in [1.82, 2.24) is 5.43 Å². The van der Waals surface area contributed by atoms with Gasteiger partial charge in [-0.2, -0.15) is 0 Å². The van der Waals surface area contributed by atoms with Crippen LogP contribution in [0, 0.1) is 11.3 Å². The van der Waals surface area contributed by atoms with Gasteiger partial charge in [0.15, 0.2) is 0 Å². The molecule has 0 aromatic carbocycles. The van der Waals surface area contributed by atoms with Crippen molar-refractivity contribution in [3.8, 4) is 0 Å². The van der Waals surface area contributed by atoms with Gasteiger partial charge in [0.25, 0.3) is 0 Å². The molecule has 0 aromatic rings. The summed E-state index contributed by atoms with van der Waals surface area (Å²) in [7, 11) is 0. The largest absolute Gasteiger partial charge is 0.271 e. The van der Waals surface area contributed by atoms with E-state index in [1.54, 1.807) is 0 Å². The smallest absolute Gasteiger partial charge is 0.0286 e. The van der Waals surface area contributed by atoms with Gasteiger partial charge >= 0.3 is 0 Å². The maximum atomic E-state index is 5.56. The van der Waals surface area contributed by atoms with Crippen LogP contribution in [-0.2, 0) is 0 Å². The maximum Gasteiger partial charge on any atom is 0.0286 e. The second-order valence-corrected chi connectivity index (χ2v) is 4.59. The zero-order valence-corrected chi connectivity index (χ0v) is 9.15. The van der Waals surface area contributed by atoms with Crippen molar-refractivity contribution < 1.29 is 0 Å². The van der Waals surface area contributed by atoms with Crippen LogP contribution in [0.4, 0.5) is 0 Å². The minimum absolute atomic E-state index is 0.255. The molecule has 1 atom stereocenters. The molecule has 0 heterocycles. The fraction of sp³-hybridized carbons (Fsp3) is 1.00. The molecule has 0 saturated heterocycles. The summed E-state index contributed by atoms with van der Waals surface area (Å²) in [4.78, 5) is 0. The van der Waals surface area contributed by atoms with Crippen LogP contribution in [0.3, 0.4) is 0 Å². The molecule has 0 saturated carbocycles. The molecule has 0 bridgehead atoms. The average molecular weight is 172 g/mol. The third-order valence-corrected chi connectivity index (χ3v) is 2.63. The van der Waals surface area contributed by atoms with E-state index >= 15 is 0 Å². The summed E-state index contributed by atoms with van der Waals surface area (Å²) in [5, 5.41) is 0. The Morgan fingerprint density at radius 3 is 1.67 bits per heavy atom. The zero-order chi connectivity index (χ0) is 9.78. The molecule has 74 valence electrons. The lowest BCUT2D eigenvalue weighted by Gasteiger charge is -2.35. The predicted octanol–water partition coefficient (Wildman–Crippen LogP) is 2.30. The van der Waals surface area contributed by atoms with Crippen molar-refractivity contribution in [1.29, 1.82) is 0 Å². The van der Waals surface area contributed by atoms with Crippen LogP contribution in [0.5, 0.6) is 0 Å². The van der Waals surface area contributed by atoms with Crippen molar-refractivity contribution >= 4 is 0 Å². The van der Waals surface area contributed by atoms with Gasteiger partial charge in [0.2, 0.25) is 0 Å². The van der Waals surface area contributed by atoms with Crippen LogP contribution in [0.2, 0.25) is 0 Å². The molecule has 2 nitrogen and oxygen atoms in total. The molecule has 0 aliphatic carbocycles. The first-order valence-corrected chi connectivity index (χ1v) is 4.93. The van der Waals surface area contributed by atoms with E-state index in [9.17, 15) is 0 Å². The van der Waals surface area contributed by atoms with Crippen LogP contribution in [-0.4, -0.2) is 6.04 Å². The highest BCUT2D eigenvalue weighted by molar-refractivity contribution is 4.83. The molecule has 0 spiro atoms. The first kappa shape index (κ1) is 11.9. The molecule has 0 amide bonds. The quantitative estimate of drug-likeness (QED) is 0.504. The minimum Gasteiger partial charge on any atom is -0.271 e. The lowest BCUT2D eigenvalue weighted by Crippen LogP contribution is -2.49. The standard InChI is InChI=1S/C10H24N2/c1-6-8(7-2)9(12-11)10(3,4)5/h8-9,12H,6-7,11H2,1-5H3. The first-order chi connectivity index (χ1) is 5.47. The summed E-state index contributed by atoms with van der Waals surface area (Å²) in [6, 6.07) is 0.424. The van der Waals surface area contributed by atoms with Gasteiger partial charge in [0, 0.05) is 6.04 Å². The van der Waals surface area contributed by atoms with Crippen LogP contribution >= 0.6 is 0 Å². The third kappa shape index (κ3) is 3.11. The Hall–Kier alpha value is -0.0800. The van der Waals surface area contributed by atoms with E-state index in [0.29, 0.717) is 12.0 Å². The van der Waals surface area contributed by atoms with Gasteiger partial charge in [-0.05, 0) is 11.3 Å². The summed E-state index contributed by atoms with van der Waals surface area (Å²) in [6.07, 6.45) is 2.39. The van der Waals surface area contributed by atoms with Crippen LogP contribution < -0.4 is 11.3 Å². The molecule has 0 fully saturated rings. The molecule has 2 heteroatoms. The van der Waals surface area contributed by atoms with Crippen LogP contribution in [0.25, 0.3) is 0 Å². The molecule has 0 aliphatic rings. The van der Waals surface area contributed by atoms with Crippen molar-refractivity contribution in [2.24, 2.45) is 17.2 Å². The van der Waals surface area contributed by atoms with Crippen LogP contribution in [0.15, 0.2) is 0 Å². The first-order valence-electron chi connectivity index (χ1n) is 4.93. The average Bonchev–Trinajstić information content (AvgIpc) is 1.97. The maximum absolute atomic E-state index is 5.56. The summed E-state index contributed by atoms with van der Waals surface area (Å²) < 4.78 is 0. The Labute approximate surface area is 76.9 Å². The fourth-order valence-electron chi connectivity index (χ4n) is 1.85. The molecule has 3 N–H and O–H groups in total. The summed E-state index contributed by atoms with van der Waals surface area (Å²) >= 11 is 0. The molecule has 0 aliphatic heterocycles. The SMILES string of the molecule is CCC(CC)C(NN)C(C)(C)C. The van der Waals surface area contributed by atoms with Gasteiger partial charge in [-0.15, -0.1) is 0 Å². The van der Waals surface area contributed by atoms with E-state index < -0.39 is 0 Å². The number of hydrogen-bond acceptors (Lipinski definition) is 2. The Morgan fingerprint density at radius 2 is 1.58 bits per heavy atom. The third-order valence-electron chi connectivity index (χ3n) is 2.63. The monoisotopic (exact) mass is 172 g/mol. The molecular formula is C10H24N2. The minimum atomic E-state index is 0.255. The second-order valence-electron chi connectivity index (χ2n) is 4.59. The predicted molar refractivity (Wildman–Crippen MR) is 54.6 cm³/mol. The highest BCUT2D eigenvalue weighted by Gasteiger charge is 2.28. The van der Waals surface area contributed by atoms with Gasteiger partial charge in [-0.3, -0.25) is 11.3 Å². The molecule has 0 aromatic heterocycles. The lowest BCUT2D eigenvalue weighted by atomic mass is 9.77. The topological polar surface area (TPSA) is 38.0 Å². The van der Waals surface area contributed by atoms with Gasteiger partial charge in [-0.25, -0.2) is 0 Å². The van der Waals surface area contributed by atoms with Gasteiger partial charge in [0.05, 0.1) is 0 Å². The fourth-order valence-corrected chi connectivity index (χ4v) is 1.85. The number of nitrogens with two attached hydrogens (primary N) is 1. The van der Waals surface area contributed by atoms with E-state index in [1.807, 2.05) is 0 Å². The van der Waals surface area contributed by atoms with E-state index in [1.165, 1.54) is 12.8 Å². The second kappa shape index (κ2) is 4.83. The van der Waals surface area contributed by atoms with E-state index in [0.717, 1.165) is 0 Å². The van der Waals surface area contributed by atoms with E-state index in [2.05, 4.69) is 40.0 Å². The van der Waals surface area contributed by atoms with Gasteiger partial charge in [-0.1, -0.05) is 47.5 Å². The molecule has 0 radical (unpaired) electrons. The lowest BCUT2D eigenvalue weighted by molar-refractivity contribution is 0.185. The van der Waals surface area contributed by atoms with E-state index in [4.69, 9.17) is 5.84 Å². The number of nitrogens with one attached hydrogen (secondary N) is 1. The van der Waals surface area contributed by atoms with Gasteiger partial charge in [0.1, 0.15) is 0 Å². The Balaban J connectivity index is 4.31. The highest BCUT2D eigenvalue weighted by Crippen LogP contribution is 2.28. The molecule has 12 heavy (non-hydrogen) atoms.